The highest BCUT2D eigenvalue weighted by Crippen LogP contribution is 2.25. The number of hydrogen-bond acceptors (Lipinski definition) is 6. The topological polar surface area (TPSA) is 122 Å². The molecule has 0 saturated carbocycles. The number of aliphatic hydroxyl groups excluding tert-OH is 4. The van der Waals surface area contributed by atoms with Crippen molar-refractivity contribution in [3.63, 3.8) is 0 Å². The van der Waals surface area contributed by atoms with Gasteiger partial charge in [0.2, 0.25) is 0 Å². The van der Waals surface area contributed by atoms with Crippen LogP contribution in [0, 0.1) is 0 Å². The number of rotatable bonds is 2. The molecule has 0 spiro atoms. The average molecular weight is 248 g/mol. The standard InChI is InChI=1S/C9H16N2O6/c12-3-4-6(14)7(15)8(17-4)11-2-1-5(13)10-9(11)16/h4-8,12-15H,1-3H2,(H,10,16)/t4-,5?,6-,7-,8?/m1/s1. The Bertz CT molecular complexity index is 301. The minimum atomic E-state index is -1.27. The van der Waals surface area contributed by atoms with Crippen LogP contribution in [-0.4, -0.2) is 75.3 Å². The Morgan fingerprint density at radius 3 is 2.59 bits per heavy atom. The van der Waals surface area contributed by atoms with Crippen LogP contribution < -0.4 is 5.32 Å². The Morgan fingerprint density at radius 2 is 2.06 bits per heavy atom. The predicted molar refractivity (Wildman–Crippen MR) is 53.6 cm³/mol. The Kier molecular flexibility index (Phi) is 3.50. The van der Waals surface area contributed by atoms with E-state index in [1.165, 1.54) is 4.90 Å². The summed E-state index contributed by atoms with van der Waals surface area (Å²) in [5.74, 6) is 0. The highest BCUT2D eigenvalue weighted by Gasteiger charge is 2.47. The summed E-state index contributed by atoms with van der Waals surface area (Å²) in [5.41, 5.74) is 0. The van der Waals surface area contributed by atoms with E-state index < -0.39 is 43.4 Å². The first kappa shape index (κ1) is 12.5. The lowest BCUT2D eigenvalue weighted by atomic mass is 10.1. The number of nitrogens with zero attached hydrogens (tertiary/aromatic N) is 1. The van der Waals surface area contributed by atoms with Crippen molar-refractivity contribution < 1.29 is 30.0 Å². The molecule has 0 aliphatic carbocycles. The number of carbonyl (C=O) groups is 1. The average Bonchev–Trinajstić information content (AvgIpc) is 2.57. The van der Waals surface area contributed by atoms with Gasteiger partial charge in [-0.05, 0) is 0 Å². The van der Waals surface area contributed by atoms with E-state index in [2.05, 4.69) is 5.32 Å². The van der Waals surface area contributed by atoms with Gasteiger partial charge < -0.3 is 30.5 Å². The monoisotopic (exact) mass is 248 g/mol. The van der Waals surface area contributed by atoms with Crippen LogP contribution in [0.5, 0.6) is 0 Å². The molecule has 2 unspecified atom stereocenters. The number of urea groups is 1. The summed E-state index contributed by atoms with van der Waals surface area (Å²) in [6.45, 7) is -0.230. The first-order chi connectivity index (χ1) is 8.04. The molecule has 2 rings (SSSR count). The van der Waals surface area contributed by atoms with Gasteiger partial charge in [0.1, 0.15) is 24.5 Å². The van der Waals surface area contributed by atoms with Crippen molar-refractivity contribution in [3.8, 4) is 0 Å². The fraction of sp³-hybridized carbons (Fsp3) is 0.889. The molecule has 2 aliphatic heterocycles. The quantitative estimate of drug-likeness (QED) is 0.359. The van der Waals surface area contributed by atoms with E-state index in [-0.39, 0.29) is 6.54 Å². The highest BCUT2D eigenvalue weighted by molar-refractivity contribution is 5.75. The maximum absolute atomic E-state index is 11.6. The zero-order chi connectivity index (χ0) is 12.6. The van der Waals surface area contributed by atoms with Gasteiger partial charge in [-0.2, -0.15) is 0 Å². The third kappa shape index (κ3) is 2.22. The molecule has 0 bridgehead atoms. The fourth-order valence-electron chi connectivity index (χ4n) is 2.04. The molecular weight excluding hydrogens is 232 g/mol. The molecule has 5 atom stereocenters. The normalized spacial score (nSPS) is 42.7. The van der Waals surface area contributed by atoms with E-state index in [0.717, 1.165) is 0 Å². The van der Waals surface area contributed by atoms with Crippen molar-refractivity contribution in [2.24, 2.45) is 0 Å². The Hall–Kier alpha value is -0.930. The number of nitrogens with one attached hydrogen (secondary N) is 1. The second kappa shape index (κ2) is 4.75. The van der Waals surface area contributed by atoms with Crippen molar-refractivity contribution in [3.05, 3.63) is 0 Å². The minimum Gasteiger partial charge on any atom is -0.394 e. The summed E-state index contributed by atoms with van der Waals surface area (Å²) in [5, 5.41) is 39.7. The summed E-state index contributed by atoms with van der Waals surface area (Å²) in [6.07, 6.45) is -5.02. The highest BCUT2D eigenvalue weighted by atomic mass is 16.6. The van der Waals surface area contributed by atoms with Gasteiger partial charge in [0.15, 0.2) is 6.23 Å². The second-order valence-corrected chi connectivity index (χ2v) is 4.18. The molecule has 2 heterocycles. The molecular formula is C9H16N2O6. The predicted octanol–water partition coefficient (Wildman–Crippen LogP) is -2.84. The third-order valence-electron chi connectivity index (χ3n) is 3.02. The van der Waals surface area contributed by atoms with Crippen molar-refractivity contribution in [1.82, 2.24) is 10.2 Å². The van der Waals surface area contributed by atoms with Crippen LogP contribution in [0.1, 0.15) is 6.42 Å². The summed E-state index contributed by atoms with van der Waals surface area (Å²) in [6, 6.07) is -0.571. The second-order valence-electron chi connectivity index (χ2n) is 4.18. The number of hydrogen-bond donors (Lipinski definition) is 5. The summed E-state index contributed by atoms with van der Waals surface area (Å²) in [7, 11) is 0. The van der Waals surface area contributed by atoms with E-state index in [4.69, 9.17) is 9.84 Å². The van der Waals surface area contributed by atoms with Crippen molar-refractivity contribution in [2.45, 2.75) is 37.2 Å². The van der Waals surface area contributed by atoms with Crippen LogP contribution in [0.3, 0.4) is 0 Å². The Balaban J connectivity index is 2.05. The number of ether oxygens (including phenoxy) is 1. The van der Waals surface area contributed by atoms with Gasteiger partial charge in [-0.15, -0.1) is 0 Å². The van der Waals surface area contributed by atoms with Crippen LogP contribution in [-0.2, 0) is 4.74 Å². The molecule has 8 nitrogen and oxygen atoms in total. The first-order valence-corrected chi connectivity index (χ1v) is 5.42. The smallest absolute Gasteiger partial charge is 0.321 e. The van der Waals surface area contributed by atoms with Gasteiger partial charge >= 0.3 is 6.03 Å². The lowest BCUT2D eigenvalue weighted by Crippen LogP contribution is -2.57. The molecule has 2 fully saturated rings. The van der Waals surface area contributed by atoms with E-state index in [1.807, 2.05) is 0 Å². The summed E-state index contributed by atoms with van der Waals surface area (Å²) in [4.78, 5) is 12.7. The molecule has 0 radical (unpaired) electrons. The first-order valence-electron chi connectivity index (χ1n) is 5.42. The van der Waals surface area contributed by atoms with Gasteiger partial charge in [0.25, 0.3) is 0 Å². The molecule has 17 heavy (non-hydrogen) atoms. The van der Waals surface area contributed by atoms with Gasteiger partial charge in [-0.1, -0.05) is 0 Å². The maximum atomic E-state index is 11.6. The number of carbonyl (C=O) groups excluding carboxylic acids is 1. The summed E-state index contributed by atoms with van der Waals surface area (Å²) >= 11 is 0. The van der Waals surface area contributed by atoms with Crippen molar-refractivity contribution in [1.29, 1.82) is 0 Å². The minimum absolute atomic E-state index is 0.208. The van der Waals surface area contributed by atoms with Crippen LogP contribution in [0.25, 0.3) is 0 Å². The molecule has 2 aliphatic rings. The van der Waals surface area contributed by atoms with Gasteiger partial charge in [-0.3, -0.25) is 4.90 Å². The van der Waals surface area contributed by atoms with Gasteiger partial charge in [0, 0.05) is 13.0 Å². The number of amides is 2. The molecule has 0 aromatic rings. The van der Waals surface area contributed by atoms with E-state index in [1.54, 1.807) is 0 Å². The zero-order valence-electron chi connectivity index (χ0n) is 9.06. The SMILES string of the molecule is O=C1NC(O)CCN1C1O[C@H](CO)[C@@H](O)[C@H]1O. The lowest BCUT2D eigenvalue weighted by Gasteiger charge is -2.35. The van der Waals surface area contributed by atoms with Crippen LogP contribution in [0.15, 0.2) is 0 Å². The Labute approximate surface area is 97.4 Å². The van der Waals surface area contributed by atoms with Gasteiger partial charge in [0.05, 0.1) is 6.61 Å². The zero-order valence-corrected chi connectivity index (χ0v) is 9.06. The molecule has 2 saturated heterocycles. The van der Waals surface area contributed by atoms with Crippen molar-refractivity contribution >= 4 is 6.03 Å². The Morgan fingerprint density at radius 1 is 1.35 bits per heavy atom. The molecule has 0 aromatic carbocycles. The molecule has 2 amide bonds. The van der Waals surface area contributed by atoms with Gasteiger partial charge in [-0.25, -0.2) is 4.79 Å². The lowest BCUT2D eigenvalue weighted by molar-refractivity contribution is -0.0893. The molecule has 5 N–H and O–H groups in total. The van der Waals surface area contributed by atoms with E-state index >= 15 is 0 Å². The molecule has 0 aromatic heterocycles. The maximum Gasteiger partial charge on any atom is 0.321 e. The summed E-state index contributed by atoms with van der Waals surface area (Å²) < 4.78 is 5.21. The molecule has 98 valence electrons. The van der Waals surface area contributed by atoms with E-state index in [9.17, 15) is 20.1 Å². The fourth-order valence-corrected chi connectivity index (χ4v) is 2.04. The number of aliphatic hydroxyl groups is 4. The van der Waals surface area contributed by atoms with Crippen LogP contribution in [0.2, 0.25) is 0 Å². The molecule has 8 heteroatoms. The third-order valence-corrected chi connectivity index (χ3v) is 3.02. The van der Waals surface area contributed by atoms with Crippen LogP contribution in [0.4, 0.5) is 4.79 Å². The van der Waals surface area contributed by atoms with Crippen molar-refractivity contribution in [2.75, 3.05) is 13.2 Å². The largest absolute Gasteiger partial charge is 0.394 e. The van der Waals surface area contributed by atoms with Crippen LogP contribution >= 0.6 is 0 Å². The van der Waals surface area contributed by atoms with E-state index in [0.29, 0.717) is 6.42 Å².